The van der Waals surface area contributed by atoms with Crippen molar-refractivity contribution in [2.24, 2.45) is 0 Å². The van der Waals surface area contributed by atoms with Gasteiger partial charge < -0.3 is 10.5 Å². The van der Waals surface area contributed by atoms with Crippen LogP contribution in [0.3, 0.4) is 0 Å². The monoisotopic (exact) mass is 298 g/mol. The average molecular weight is 298 g/mol. The van der Waals surface area contributed by atoms with Crippen LogP contribution >= 0.6 is 0 Å². The largest absolute Gasteiger partial charge is 0.399 e. The molecule has 0 bridgehead atoms. The molecule has 0 saturated heterocycles. The molecule has 0 aliphatic heterocycles. The topological polar surface area (TPSA) is 72.6 Å². The van der Waals surface area contributed by atoms with E-state index in [9.17, 15) is 8.42 Å². The molecule has 6 heteroatoms. The van der Waals surface area contributed by atoms with Crippen LogP contribution in [0.4, 0.5) is 5.69 Å². The maximum Gasteiger partial charge on any atom is 0.214 e. The van der Waals surface area contributed by atoms with E-state index in [1.165, 1.54) is 0 Å². The highest BCUT2D eigenvalue weighted by Crippen LogP contribution is 2.31. The number of hydrogen-bond acceptors (Lipinski definition) is 4. The summed E-state index contributed by atoms with van der Waals surface area (Å²) in [5.74, 6) is 0.139. The zero-order valence-corrected chi connectivity index (χ0v) is 12.6. The minimum atomic E-state index is -3.23. The normalized spacial score (nSPS) is 15.7. The number of nitrogens with zero attached hydrogens (tertiary/aromatic N) is 1. The summed E-state index contributed by atoms with van der Waals surface area (Å²) in [6.45, 7) is 0.876. The number of benzene rings is 1. The SMILES string of the molecule is COCCCS(=O)(=O)N(Cc1cccc(N)c1)C1CC1. The van der Waals surface area contributed by atoms with Gasteiger partial charge in [-0.25, -0.2) is 8.42 Å². The Hall–Kier alpha value is -1.11. The molecule has 112 valence electrons. The summed E-state index contributed by atoms with van der Waals surface area (Å²) >= 11 is 0. The standard InChI is InChI=1S/C14H22N2O3S/c1-19-8-3-9-20(17,18)16(14-6-7-14)11-12-4-2-5-13(15)10-12/h2,4-5,10,14H,3,6-9,11,15H2,1H3. The molecule has 0 amide bonds. The van der Waals surface area contributed by atoms with Crippen LogP contribution in [-0.2, 0) is 21.3 Å². The summed E-state index contributed by atoms with van der Waals surface area (Å²) in [5, 5.41) is 0. The maximum absolute atomic E-state index is 12.4. The number of methoxy groups -OCH3 is 1. The zero-order chi connectivity index (χ0) is 14.6. The predicted octanol–water partition coefficient (Wildman–Crippen LogP) is 1.60. The molecular formula is C14H22N2O3S. The summed E-state index contributed by atoms with van der Waals surface area (Å²) in [6, 6.07) is 7.56. The van der Waals surface area contributed by atoms with Crippen molar-refractivity contribution in [2.75, 3.05) is 25.2 Å². The number of hydrogen-bond donors (Lipinski definition) is 1. The Morgan fingerprint density at radius 2 is 2.15 bits per heavy atom. The number of nitrogen functional groups attached to an aromatic ring is 1. The molecule has 5 nitrogen and oxygen atoms in total. The van der Waals surface area contributed by atoms with Crippen LogP contribution in [-0.4, -0.2) is 38.2 Å². The highest BCUT2D eigenvalue weighted by molar-refractivity contribution is 7.89. The number of anilines is 1. The van der Waals surface area contributed by atoms with Gasteiger partial charge in [0, 0.05) is 32.0 Å². The molecule has 1 fully saturated rings. The number of ether oxygens (including phenoxy) is 1. The first-order chi connectivity index (χ1) is 9.53. The quantitative estimate of drug-likeness (QED) is 0.584. The molecule has 20 heavy (non-hydrogen) atoms. The number of rotatable bonds is 8. The van der Waals surface area contributed by atoms with E-state index in [1.54, 1.807) is 17.5 Å². The van der Waals surface area contributed by atoms with Gasteiger partial charge in [0.05, 0.1) is 5.75 Å². The fourth-order valence-corrected chi connectivity index (χ4v) is 3.92. The molecule has 0 atom stereocenters. The molecule has 1 aliphatic carbocycles. The second-order valence-electron chi connectivity index (χ2n) is 5.18. The van der Waals surface area contributed by atoms with E-state index in [2.05, 4.69) is 0 Å². The second-order valence-corrected chi connectivity index (χ2v) is 7.22. The Morgan fingerprint density at radius 3 is 2.75 bits per heavy atom. The van der Waals surface area contributed by atoms with Gasteiger partial charge in [-0.2, -0.15) is 4.31 Å². The van der Waals surface area contributed by atoms with Gasteiger partial charge in [-0.1, -0.05) is 12.1 Å². The van der Waals surface area contributed by atoms with Gasteiger partial charge in [-0.3, -0.25) is 0 Å². The third kappa shape index (κ3) is 4.19. The van der Waals surface area contributed by atoms with Gasteiger partial charge in [0.1, 0.15) is 0 Å². The third-order valence-electron chi connectivity index (χ3n) is 3.35. The lowest BCUT2D eigenvalue weighted by Gasteiger charge is -2.22. The summed E-state index contributed by atoms with van der Waals surface area (Å²) in [7, 11) is -1.65. The molecule has 0 unspecified atom stereocenters. The smallest absolute Gasteiger partial charge is 0.214 e. The Bertz CT molecular complexity index is 541. The third-order valence-corrected chi connectivity index (χ3v) is 5.30. The summed E-state index contributed by atoms with van der Waals surface area (Å²) in [5.41, 5.74) is 7.35. The van der Waals surface area contributed by atoms with Gasteiger partial charge in [0.2, 0.25) is 10.0 Å². The van der Waals surface area contributed by atoms with Crippen molar-refractivity contribution in [1.82, 2.24) is 4.31 Å². The Kier molecular flexibility index (Phi) is 5.01. The van der Waals surface area contributed by atoms with Crippen LogP contribution in [0.1, 0.15) is 24.8 Å². The first kappa shape index (κ1) is 15.3. The first-order valence-corrected chi connectivity index (χ1v) is 8.47. The van der Waals surface area contributed by atoms with Crippen LogP contribution in [0.2, 0.25) is 0 Å². The van der Waals surface area contributed by atoms with E-state index >= 15 is 0 Å². The van der Waals surface area contributed by atoms with Crippen LogP contribution in [0.15, 0.2) is 24.3 Å². The molecule has 1 saturated carbocycles. The lowest BCUT2D eigenvalue weighted by molar-refractivity contribution is 0.199. The van der Waals surface area contributed by atoms with Gasteiger partial charge in [-0.15, -0.1) is 0 Å². The van der Waals surface area contributed by atoms with Gasteiger partial charge in [0.15, 0.2) is 0 Å². The molecule has 2 N–H and O–H groups in total. The van der Waals surface area contributed by atoms with E-state index in [-0.39, 0.29) is 11.8 Å². The van der Waals surface area contributed by atoms with E-state index in [4.69, 9.17) is 10.5 Å². The Labute approximate surface area is 120 Å². The van der Waals surface area contributed by atoms with Crippen LogP contribution in [0.25, 0.3) is 0 Å². The minimum absolute atomic E-state index is 0.139. The van der Waals surface area contributed by atoms with E-state index in [0.29, 0.717) is 25.3 Å². The minimum Gasteiger partial charge on any atom is -0.399 e. The van der Waals surface area contributed by atoms with E-state index in [0.717, 1.165) is 18.4 Å². The van der Waals surface area contributed by atoms with Crippen LogP contribution < -0.4 is 5.73 Å². The first-order valence-electron chi connectivity index (χ1n) is 6.86. The molecule has 0 heterocycles. The summed E-state index contributed by atoms with van der Waals surface area (Å²) < 4.78 is 31.4. The van der Waals surface area contributed by atoms with Crippen molar-refractivity contribution in [2.45, 2.75) is 31.8 Å². The highest BCUT2D eigenvalue weighted by Gasteiger charge is 2.36. The molecule has 0 aromatic heterocycles. The molecule has 1 aromatic carbocycles. The molecule has 0 radical (unpaired) electrons. The predicted molar refractivity (Wildman–Crippen MR) is 79.7 cm³/mol. The fourth-order valence-electron chi connectivity index (χ4n) is 2.19. The fraction of sp³-hybridized carbons (Fsp3) is 0.571. The second kappa shape index (κ2) is 6.56. The molecule has 1 aliphatic rings. The van der Waals surface area contributed by atoms with Crippen molar-refractivity contribution in [3.05, 3.63) is 29.8 Å². The summed E-state index contributed by atoms with van der Waals surface area (Å²) in [6.07, 6.45) is 2.43. The molecular weight excluding hydrogens is 276 g/mol. The van der Waals surface area contributed by atoms with Crippen molar-refractivity contribution >= 4 is 15.7 Å². The van der Waals surface area contributed by atoms with Gasteiger partial charge in [0.25, 0.3) is 0 Å². The lowest BCUT2D eigenvalue weighted by atomic mass is 10.2. The zero-order valence-electron chi connectivity index (χ0n) is 11.8. The number of sulfonamides is 1. The van der Waals surface area contributed by atoms with E-state index < -0.39 is 10.0 Å². The van der Waals surface area contributed by atoms with Gasteiger partial charge >= 0.3 is 0 Å². The van der Waals surface area contributed by atoms with Gasteiger partial charge in [-0.05, 0) is 37.0 Å². The van der Waals surface area contributed by atoms with Crippen molar-refractivity contribution in [3.8, 4) is 0 Å². The van der Waals surface area contributed by atoms with E-state index in [1.807, 2.05) is 18.2 Å². The average Bonchev–Trinajstić information content (AvgIpc) is 3.20. The van der Waals surface area contributed by atoms with Crippen molar-refractivity contribution < 1.29 is 13.2 Å². The Morgan fingerprint density at radius 1 is 1.40 bits per heavy atom. The van der Waals surface area contributed by atoms with Crippen molar-refractivity contribution in [3.63, 3.8) is 0 Å². The molecule has 2 rings (SSSR count). The lowest BCUT2D eigenvalue weighted by Crippen LogP contribution is -2.34. The highest BCUT2D eigenvalue weighted by atomic mass is 32.2. The number of nitrogens with two attached hydrogens (primary N) is 1. The maximum atomic E-state index is 12.4. The van der Waals surface area contributed by atoms with Crippen molar-refractivity contribution in [1.29, 1.82) is 0 Å². The van der Waals surface area contributed by atoms with Crippen LogP contribution in [0.5, 0.6) is 0 Å². The summed E-state index contributed by atoms with van der Waals surface area (Å²) in [4.78, 5) is 0. The molecule has 0 spiro atoms. The Balaban J connectivity index is 2.07. The molecule has 1 aromatic rings. The van der Waals surface area contributed by atoms with Crippen LogP contribution in [0, 0.1) is 0 Å².